The average Bonchev–Trinajstić information content (AvgIpc) is 2.75. The van der Waals surface area contributed by atoms with Crippen LogP contribution in [0.4, 0.5) is 0 Å². The molecular weight excluding hydrogens is 398 g/mol. The fourth-order valence-corrected chi connectivity index (χ4v) is 3.50. The Labute approximate surface area is 181 Å². The first-order chi connectivity index (χ1) is 14.5. The minimum Gasteiger partial charge on any atom is -0.480 e. The molecule has 0 aliphatic heterocycles. The molecule has 3 aromatic rings. The molecule has 154 valence electrons. The zero-order chi connectivity index (χ0) is 21.5. The number of aliphatic hydroxyl groups excluding tert-OH is 1. The van der Waals surface area contributed by atoms with Crippen molar-refractivity contribution in [1.29, 1.82) is 0 Å². The summed E-state index contributed by atoms with van der Waals surface area (Å²) in [6.07, 6.45) is 4.03. The highest BCUT2D eigenvalue weighted by atomic mass is 35.5. The summed E-state index contributed by atoms with van der Waals surface area (Å²) in [5, 5.41) is 21.4. The molecule has 0 aliphatic carbocycles. The molecule has 1 unspecified atom stereocenters. The smallest absolute Gasteiger partial charge is 0.323 e. The molecule has 30 heavy (non-hydrogen) atoms. The first-order valence-electron chi connectivity index (χ1n) is 9.68. The Bertz CT molecular complexity index is 1050. The Morgan fingerprint density at radius 2 is 1.77 bits per heavy atom. The minimum atomic E-state index is -1.09. The Balaban J connectivity index is 1.76. The summed E-state index contributed by atoms with van der Waals surface area (Å²) in [5.41, 5.74) is 6.41. The Morgan fingerprint density at radius 3 is 2.43 bits per heavy atom. The first-order valence-corrected chi connectivity index (χ1v) is 10.1. The summed E-state index contributed by atoms with van der Waals surface area (Å²) in [7, 11) is 0. The molecule has 3 N–H and O–H groups in total. The molecule has 0 aromatic heterocycles. The third-order valence-electron chi connectivity index (χ3n) is 5.00. The number of aliphatic hydroxyl groups is 1. The third-order valence-corrected chi connectivity index (χ3v) is 5.33. The van der Waals surface area contributed by atoms with E-state index in [1.54, 1.807) is 6.07 Å². The number of nitrogens with one attached hydrogen (secondary N) is 1. The van der Waals surface area contributed by atoms with Crippen molar-refractivity contribution >= 4 is 29.7 Å². The summed E-state index contributed by atoms with van der Waals surface area (Å²) in [6, 6.07) is 21.1. The van der Waals surface area contributed by atoms with Crippen LogP contribution in [0, 0.1) is 6.92 Å². The van der Waals surface area contributed by atoms with Gasteiger partial charge in [-0.1, -0.05) is 84.4 Å². The quantitative estimate of drug-likeness (QED) is 0.446. The second kappa shape index (κ2) is 10.2. The van der Waals surface area contributed by atoms with E-state index in [2.05, 4.69) is 36.5 Å². The normalized spacial score (nSPS) is 12.2. The lowest BCUT2D eigenvalue weighted by Crippen LogP contribution is -2.39. The van der Waals surface area contributed by atoms with Gasteiger partial charge in [0.05, 0.1) is 6.61 Å². The van der Waals surface area contributed by atoms with E-state index in [4.69, 9.17) is 21.8 Å². The number of carboxylic acids is 1. The fourth-order valence-electron chi connectivity index (χ4n) is 3.23. The molecule has 0 bridgehead atoms. The van der Waals surface area contributed by atoms with Gasteiger partial charge in [-0.05, 0) is 46.4 Å². The van der Waals surface area contributed by atoms with E-state index in [1.807, 2.05) is 48.6 Å². The molecule has 0 spiro atoms. The van der Waals surface area contributed by atoms with Gasteiger partial charge in [0, 0.05) is 11.6 Å². The number of carbonyl (C=O) groups is 1. The highest BCUT2D eigenvalue weighted by molar-refractivity contribution is 6.32. The van der Waals surface area contributed by atoms with Crippen molar-refractivity contribution < 1.29 is 15.0 Å². The largest absolute Gasteiger partial charge is 0.480 e. The maximum absolute atomic E-state index is 11.0. The third kappa shape index (κ3) is 5.36. The topological polar surface area (TPSA) is 69.6 Å². The fraction of sp³-hybridized carbons (Fsp3) is 0.160. The van der Waals surface area contributed by atoms with Gasteiger partial charge in [0.2, 0.25) is 0 Å². The Morgan fingerprint density at radius 1 is 1.03 bits per heavy atom. The molecule has 3 aromatic carbocycles. The molecule has 0 radical (unpaired) electrons. The SMILES string of the molecule is Cc1c(/C=C/c2ccc(CNC(CO)C(=O)O)cc2Cl)cccc1-c1ccccc1. The van der Waals surface area contributed by atoms with Crippen molar-refractivity contribution in [3.05, 3.63) is 94.0 Å². The maximum Gasteiger partial charge on any atom is 0.323 e. The van der Waals surface area contributed by atoms with E-state index >= 15 is 0 Å². The van der Waals surface area contributed by atoms with Crippen LogP contribution in [0.3, 0.4) is 0 Å². The van der Waals surface area contributed by atoms with Crippen molar-refractivity contribution in [3.8, 4) is 11.1 Å². The van der Waals surface area contributed by atoms with Gasteiger partial charge in [0.15, 0.2) is 0 Å². The van der Waals surface area contributed by atoms with Crippen LogP contribution in [-0.2, 0) is 11.3 Å². The van der Waals surface area contributed by atoms with Crippen LogP contribution in [0.15, 0.2) is 66.7 Å². The number of benzene rings is 3. The highest BCUT2D eigenvalue weighted by Gasteiger charge is 2.15. The van der Waals surface area contributed by atoms with E-state index in [1.165, 1.54) is 16.7 Å². The molecule has 5 heteroatoms. The molecule has 4 nitrogen and oxygen atoms in total. The van der Waals surface area contributed by atoms with E-state index in [9.17, 15) is 4.79 Å². The van der Waals surface area contributed by atoms with Gasteiger partial charge in [0.25, 0.3) is 0 Å². The predicted octanol–water partition coefficient (Wildman–Crippen LogP) is 5.02. The van der Waals surface area contributed by atoms with Crippen LogP contribution in [0.1, 0.15) is 22.3 Å². The van der Waals surface area contributed by atoms with Gasteiger partial charge in [-0.15, -0.1) is 0 Å². The van der Waals surface area contributed by atoms with Crippen LogP contribution in [0.25, 0.3) is 23.3 Å². The van der Waals surface area contributed by atoms with Crippen molar-refractivity contribution in [1.82, 2.24) is 5.32 Å². The average molecular weight is 422 g/mol. The maximum atomic E-state index is 11.0. The summed E-state index contributed by atoms with van der Waals surface area (Å²) in [6.45, 7) is 1.95. The zero-order valence-corrected chi connectivity index (χ0v) is 17.4. The van der Waals surface area contributed by atoms with Crippen molar-refractivity contribution in [2.45, 2.75) is 19.5 Å². The van der Waals surface area contributed by atoms with Crippen LogP contribution >= 0.6 is 11.6 Å². The molecular formula is C25H24ClNO3. The lowest BCUT2D eigenvalue weighted by molar-refractivity contribution is -0.140. The van der Waals surface area contributed by atoms with Crippen molar-refractivity contribution in [2.75, 3.05) is 6.61 Å². The van der Waals surface area contributed by atoms with Gasteiger partial charge < -0.3 is 10.2 Å². The van der Waals surface area contributed by atoms with Crippen molar-refractivity contribution in [3.63, 3.8) is 0 Å². The number of hydrogen-bond donors (Lipinski definition) is 3. The first kappa shape index (κ1) is 21.8. The zero-order valence-electron chi connectivity index (χ0n) is 16.7. The molecule has 0 heterocycles. The molecule has 0 saturated heterocycles. The number of carboxylic acid groups (broad SMARTS) is 1. The van der Waals surface area contributed by atoms with Crippen LogP contribution < -0.4 is 5.32 Å². The van der Waals surface area contributed by atoms with E-state index in [0.29, 0.717) is 11.6 Å². The van der Waals surface area contributed by atoms with Crippen LogP contribution in [0.2, 0.25) is 5.02 Å². The predicted molar refractivity (Wildman–Crippen MR) is 122 cm³/mol. The van der Waals surface area contributed by atoms with E-state index in [-0.39, 0.29) is 0 Å². The minimum absolute atomic E-state index is 0.305. The summed E-state index contributed by atoms with van der Waals surface area (Å²) >= 11 is 6.43. The highest BCUT2D eigenvalue weighted by Crippen LogP contribution is 2.27. The number of halogens is 1. The second-order valence-electron chi connectivity index (χ2n) is 7.03. The summed E-state index contributed by atoms with van der Waals surface area (Å²) in [5.74, 6) is -1.09. The standard InChI is InChI=1S/C25H24ClNO3/c1-17-19(8-5-9-22(17)20-6-3-2-4-7-20)12-13-21-11-10-18(14-23(21)26)15-27-24(16-28)25(29)30/h2-14,24,27-28H,15-16H2,1H3,(H,29,30)/b13-12+. The van der Waals surface area contributed by atoms with Gasteiger partial charge in [-0.25, -0.2) is 0 Å². The van der Waals surface area contributed by atoms with Gasteiger partial charge in [0.1, 0.15) is 6.04 Å². The molecule has 0 fully saturated rings. The number of aliphatic carboxylic acids is 1. The molecule has 1 atom stereocenters. The Kier molecular flexibility index (Phi) is 7.41. The van der Waals surface area contributed by atoms with Crippen molar-refractivity contribution in [2.24, 2.45) is 0 Å². The van der Waals surface area contributed by atoms with Gasteiger partial charge in [-0.3, -0.25) is 10.1 Å². The van der Waals surface area contributed by atoms with Crippen LogP contribution in [-0.4, -0.2) is 28.8 Å². The van der Waals surface area contributed by atoms with Crippen LogP contribution in [0.5, 0.6) is 0 Å². The summed E-state index contributed by atoms with van der Waals surface area (Å²) < 4.78 is 0. The molecule has 0 amide bonds. The van der Waals surface area contributed by atoms with Gasteiger partial charge in [-0.2, -0.15) is 0 Å². The summed E-state index contributed by atoms with van der Waals surface area (Å²) in [4.78, 5) is 11.0. The Hall–Kier alpha value is -2.92. The van der Waals surface area contributed by atoms with E-state index in [0.717, 1.165) is 16.7 Å². The second-order valence-corrected chi connectivity index (χ2v) is 7.44. The molecule has 0 aliphatic rings. The van der Waals surface area contributed by atoms with Gasteiger partial charge >= 0.3 is 5.97 Å². The monoisotopic (exact) mass is 421 g/mol. The lowest BCUT2D eigenvalue weighted by atomic mass is 9.96. The lowest BCUT2D eigenvalue weighted by Gasteiger charge is -2.12. The molecule has 3 rings (SSSR count). The number of hydrogen-bond acceptors (Lipinski definition) is 3. The van der Waals surface area contributed by atoms with E-state index < -0.39 is 18.6 Å². The molecule has 0 saturated carbocycles. The number of rotatable bonds is 8.